The van der Waals surface area contributed by atoms with E-state index in [-0.39, 0.29) is 12.0 Å². The first-order valence-electron chi connectivity index (χ1n) is 9.22. The van der Waals surface area contributed by atoms with Gasteiger partial charge in [-0.1, -0.05) is 12.1 Å². The molecule has 2 unspecified atom stereocenters. The van der Waals surface area contributed by atoms with Gasteiger partial charge in [0.15, 0.2) is 0 Å². The van der Waals surface area contributed by atoms with E-state index in [9.17, 15) is 18.3 Å². The van der Waals surface area contributed by atoms with Crippen LogP contribution in [0.1, 0.15) is 24.8 Å². The molecule has 2 aliphatic rings. The maximum atomic E-state index is 13.4. The summed E-state index contributed by atoms with van der Waals surface area (Å²) in [5.74, 6) is 0.0520. The van der Waals surface area contributed by atoms with Crippen molar-refractivity contribution in [1.82, 2.24) is 14.2 Å². The van der Waals surface area contributed by atoms with E-state index in [1.807, 2.05) is 13.0 Å². The Morgan fingerprint density at radius 2 is 2.04 bits per heavy atom. The number of hydrogen-bond donors (Lipinski definition) is 1. The SMILES string of the molecule is Cc1cncc2cccc(S(=O)(=O)N3CCC4C(CCCN4C(=O)O)C3)c12. The molecule has 2 fully saturated rings. The van der Waals surface area contributed by atoms with Gasteiger partial charge in [0.2, 0.25) is 10.0 Å². The monoisotopic (exact) mass is 389 g/mol. The van der Waals surface area contributed by atoms with Crippen LogP contribution in [0.25, 0.3) is 10.8 Å². The molecule has 4 rings (SSSR count). The number of amides is 1. The molecule has 0 spiro atoms. The predicted molar refractivity (Wildman–Crippen MR) is 101 cm³/mol. The number of benzene rings is 1. The molecule has 0 bridgehead atoms. The van der Waals surface area contributed by atoms with Crippen LogP contribution >= 0.6 is 0 Å². The number of nitrogens with zero attached hydrogens (tertiary/aromatic N) is 3. The number of fused-ring (bicyclic) bond motifs is 2. The van der Waals surface area contributed by atoms with Crippen molar-refractivity contribution in [1.29, 1.82) is 0 Å². The lowest BCUT2D eigenvalue weighted by Gasteiger charge is -2.45. The summed E-state index contributed by atoms with van der Waals surface area (Å²) in [6.07, 6.45) is 4.64. The molecular weight excluding hydrogens is 366 g/mol. The van der Waals surface area contributed by atoms with Crippen molar-refractivity contribution in [3.8, 4) is 0 Å². The summed E-state index contributed by atoms with van der Waals surface area (Å²) < 4.78 is 28.4. The lowest BCUT2D eigenvalue weighted by molar-refractivity contribution is 0.0475. The molecule has 2 atom stereocenters. The van der Waals surface area contributed by atoms with Gasteiger partial charge < -0.3 is 10.0 Å². The third-order valence-corrected chi connectivity index (χ3v) is 7.74. The van der Waals surface area contributed by atoms with E-state index in [1.54, 1.807) is 24.5 Å². The molecule has 2 aliphatic heterocycles. The molecular formula is C19H23N3O4S. The molecule has 7 nitrogen and oxygen atoms in total. The van der Waals surface area contributed by atoms with Crippen LogP contribution in [-0.4, -0.2) is 59.5 Å². The lowest BCUT2D eigenvalue weighted by atomic mass is 9.85. The second kappa shape index (κ2) is 6.76. The van der Waals surface area contributed by atoms with Gasteiger partial charge in [0, 0.05) is 48.8 Å². The number of piperidine rings is 2. The molecule has 0 saturated carbocycles. The molecule has 8 heteroatoms. The average Bonchev–Trinajstić information content (AvgIpc) is 2.66. The second-order valence-corrected chi connectivity index (χ2v) is 9.31. The minimum absolute atomic E-state index is 0.0520. The van der Waals surface area contributed by atoms with Gasteiger partial charge in [0.05, 0.1) is 4.90 Å². The van der Waals surface area contributed by atoms with Gasteiger partial charge in [0.1, 0.15) is 0 Å². The number of aryl methyl sites for hydroxylation is 1. The van der Waals surface area contributed by atoms with Crippen LogP contribution in [0, 0.1) is 12.8 Å². The van der Waals surface area contributed by atoms with E-state index in [2.05, 4.69) is 4.98 Å². The van der Waals surface area contributed by atoms with Crippen molar-refractivity contribution in [2.75, 3.05) is 19.6 Å². The minimum atomic E-state index is -3.66. The standard InChI is InChI=1S/C19H23N3O4S/c1-13-10-20-11-14-4-2-6-17(18(13)14)27(25,26)21-9-7-16-15(12-21)5-3-8-22(16)19(23)24/h2,4,6,10-11,15-16H,3,5,7-9,12H2,1H3,(H,23,24). The molecule has 27 heavy (non-hydrogen) atoms. The van der Waals surface area contributed by atoms with Crippen LogP contribution in [0.4, 0.5) is 4.79 Å². The summed E-state index contributed by atoms with van der Waals surface area (Å²) >= 11 is 0. The second-order valence-electron chi connectivity index (χ2n) is 7.41. The largest absolute Gasteiger partial charge is 0.465 e. The molecule has 0 aliphatic carbocycles. The summed E-state index contributed by atoms with van der Waals surface area (Å²) in [7, 11) is -3.66. The molecule has 144 valence electrons. The fourth-order valence-corrected chi connectivity index (χ4v) is 6.35. The van der Waals surface area contributed by atoms with Crippen LogP contribution < -0.4 is 0 Å². The van der Waals surface area contributed by atoms with Gasteiger partial charge >= 0.3 is 6.09 Å². The number of carboxylic acid groups (broad SMARTS) is 1. The van der Waals surface area contributed by atoms with E-state index in [4.69, 9.17) is 0 Å². The average molecular weight is 389 g/mol. The Morgan fingerprint density at radius 3 is 2.81 bits per heavy atom. The Balaban J connectivity index is 1.68. The number of carbonyl (C=O) groups is 1. The molecule has 3 heterocycles. The third-order valence-electron chi connectivity index (χ3n) is 5.83. The number of pyridine rings is 1. The first-order valence-corrected chi connectivity index (χ1v) is 10.7. The topological polar surface area (TPSA) is 90.8 Å². The molecule has 1 amide bonds. The van der Waals surface area contributed by atoms with Crippen LogP contribution in [-0.2, 0) is 10.0 Å². The fraction of sp³-hybridized carbons (Fsp3) is 0.474. The van der Waals surface area contributed by atoms with Gasteiger partial charge in [0.25, 0.3) is 0 Å². The van der Waals surface area contributed by atoms with Crippen molar-refractivity contribution >= 4 is 26.9 Å². The molecule has 2 saturated heterocycles. The number of likely N-dealkylation sites (tertiary alicyclic amines) is 1. The highest BCUT2D eigenvalue weighted by Crippen LogP contribution is 2.35. The van der Waals surface area contributed by atoms with Crippen LogP contribution in [0.15, 0.2) is 35.5 Å². The zero-order chi connectivity index (χ0) is 19.2. The van der Waals surface area contributed by atoms with E-state index >= 15 is 0 Å². The predicted octanol–water partition coefficient (Wildman–Crippen LogP) is 2.70. The minimum Gasteiger partial charge on any atom is -0.465 e. The first kappa shape index (κ1) is 18.2. The third kappa shape index (κ3) is 3.06. The van der Waals surface area contributed by atoms with E-state index in [0.717, 1.165) is 23.8 Å². The maximum absolute atomic E-state index is 13.4. The van der Waals surface area contributed by atoms with Crippen LogP contribution in [0.2, 0.25) is 0 Å². The highest BCUT2D eigenvalue weighted by molar-refractivity contribution is 7.89. The Hall–Kier alpha value is -2.19. The fourth-order valence-electron chi connectivity index (χ4n) is 4.55. The molecule has 0 radical (unpaired) electrons. The summed E-state index contributed by atoms with van der Waals surface area (Å²) in [4.78, 5) is 17.4. The molecule has 1 N–H and O–H groups in total. The Labute approximate surface area is 158 Å². The number of rotatable bonds is 2. The number of sulfonamides is 1. The van der Waals surface area contributed by atoms with E-state index < -0.39 is 16.1 Å². The Bertz CT molecular complexity index is 986. The van der Waals surface area contributed by atoms with Crippen molar-refractivity contribution in [3.63, 3.8) is 0 Å². The van der Waals surface area contributed by atoms with Gasteiger partial charge in [-0.3, -0.25) is 4.98 Å². The van der Waals surface area contributed by atoms with E-state index in [1.165, 1.54) is 9.21 Å². The van der Waals surface area contributed by atoms with E-state index in [0.29, 0.717) is 36.3 Å². The van der Waals surface area contributed by atoms with Gasteiger partial charge in [-0.15, -0.1) is 0 Å². The maximum Gasteiger partial charge on any atom is 0.407 e. The molecule has 2 aromatic rings. The highest BCUT2D eigenvalue weighted by Gasteiger charge is 2.41. The number of aromatic nitrogens is 1. The van der Waals surface area contributed by atoms with Crippen LogP contribution in [0.5, 0.6) is 0 Å². The molecule has 1 aromatic heterocycles. The molecule has 1 aromatic carbocycles. The summed E-state index contributed by atoms with van der Waals surface area (Å²) in [5.41, 5.74) is 0.830. The Morgan fingerprint density at radius 1 is 1.22 bits per heavy atom. The van der Waals surface area contributed by atoms with Crippen molar-refractivity contribution < 1.29 is 18.3 Å². The first-order chi connectivity index (χ1) is 12.9. The smallest absolute Gasteiger partial charge is 0.407 e. The normalized spacial score (nSPS) is 24.0. The van der Waals surface area contributed by atoms with Gasteiger partial charge in [-0.25, -0.2) is 13.2 Å². The van der Waals surface area contributed by atoms with Crippen molar-refractivity contribution in [3.05, 3.63) is 36.2 Å². The summed E-state index contributed by atoms with van der Waals surface area (Å²) in [6, 6.07) is 5.19. The van der Waals surface area contributed by atoms with Crippen molar-refractivity contribution in [2.45, 2.75) is 37.1 Å². The van der Waals surface area contributed by atoms with Gasteiger partial charge in [-0.2, -0.15) is 4.31 Å². The quantitative estimate of drug-likeness (QED) is 0.853. The van der Waals surface area contributed by atoms with Gasteiger partial charge in [-0.05, 0) is 43.7 Å². The number of hydrogen-bond acceptors (Lipinski definition) is 4. The van der Waals surface area contributed by atoms with Crippen LogP contribution in [0.3, 0.4) is 0 Å². The summed E-state index contributed by atoms with van der Waals surface area (Å²) in [6.45, 7) is 3.12. The van der Waals surface area contributed by atoms with Crippen molar-refractivity contribution in [2.24, 2.45) is 5.92 Å². The zero-order valence-electron chi connectivity index (χ0n) is 15.2. The zero-order valence-corrected chi connectivity index (χ0v) is 16.0. The lowest BCUT2D eigenvalue weighted by Crippen LogP contribution is -2.56. The summed E-state index contributed by atoms with van der Waals surface area (Å²) in [5, 5.41) is 10.9. The Kier molecular flexibility index (Phi) is 4.55. The highest BCUT2D eigenvalue weighted by atomic mass is 32.2.